The van der Waals surface area contributed by atoms with Gasteiger partial charge in [0.25, 0.3) is 0 Å². The van der Waals surface area contributed by atoms with Crippen molar-refractivity contribution in [1.29, 1.82) is 0 Å². The Kier molecular flexibility index (Phi) is 33.8. The van der Waals surface area contributed by atoms with E-state index in [1.807, 2.05) is 12.2 Å². The topological polar surface area (TPSA) is 169 Å². The molecule has 0 aromatic rings. The van der Waals surface area contributed by atoms with Crippen LogP contribution in [-0.4, -0.2) is 88.4 Å². The number of esters is 2. The molecule has 0 saturated carbocycles. The van der Waals surface area contributed by atoms with Gasteiger partial charge >= 0.3 is 17.9 Å². The predicted octanol–water partition coefficient (Wildman–Crippen LogP) is 9.48. The SMILES string of the molecule is CC/C=C\C/C=C\C/C=C\C/C=C\C/C=C\CC(=O)OCC(COC1OC(C(=O)O)C(O)C(O)C1O)OC(=O)CCCCCCCCC/C=C\C/C=C\CCCCCC. The van der Waals surface area contributed by atoms with Crippen LogP contribution < -0.4 is 0 Å². The summed E-state index contributed by atoms with van der Waals surface area (Å²) in [5.41, 5.74) is 0. The first kappa shape index (κ1) is 53.4. The Labute approximate surface area is 354 Å². The first-order valence-corrected chi connectivity index (χ1v) is 22.1. The van der Waals surface area contributed by atoms with Crippen LogP contribution >= 0.6 is 0 Å². The van der Waals surface area contributed by atoms with Crippen molar-refractivity contribution >= 4 is 17.9 Å². The minimum absolute atomic E-state index is 0.00251. The second-order valence-corrected chi connectivity index (χ2v) is 14.8. The molecule has 4 N–H and O–H groups in total. The van der Waals surface area contributed by atoms with Gasteiger partial charge in [-0.3, -0.25) is 9.59 Å². The number of hydrogen-bond donors (Lipinski definition) is 4. The van der Waals surface area contributed by atoms with Gasteiger partial charge in [-0.15, -0.1) is 0 Å². The summed E-state index contributed by atoms with van der Waals surface area (Å²) in [6, 6.07) is 0. The van der Waals surface area contributed by atoms with Crippen LogP contribution in [0.5, 0.6) is 0 Å². The summed E-state index contributed by atoms with van der Waals surface area (Å²) in [5.74, 6) is -2.62. The number of hydrogen-bond acceptors (Lipinski definition) is 10. The highest BCUT2D eigenvalue weighted by Crippen LogP contribution is 2.23. The highest BCUT2D eigenvalue weighted by Gasteiger charge is 2.47. The van der Waals surface area contributed by atoms with Gasteiger partial charge in [0, 0.05) is 6.42 Å². The Bertz CT molecular complexity index is 1300. The molecule has 0 amide bonds. The minimum Gasteiger partial charge on any atom is -0.479 e. The van der Waals surface area contributed by atoms with E-state index in [1.165, 1.54) is 44.9 Å². The number of aliphatic hydroxyl groups is 3. The number of ether oxygens (including phenoxy) is 4. The summed E-state index contributed by atoms with van der Waals surface area (Å²) in [6.07, 6.45) is 39.4. The first-order chi connectivity index (χ1) is 28.7. The van der Waals surface area contributed by atoms with Crippen molar-refractivity contribution in [2.24, 2.45) is 0 Å². The first-order valence-electron chi connectivity index (χ1n) is 22.1. The molecule has 6 atom stereocenters. The smallest absolute Gasteiger partial charge is 0.335 e. The van der Waals surface area contributed by atoms with Crippen molar-refractivity contribution in [3.05, 3.63) is 85.1 Å². The van der Waals surface area contributed by atoms with Gasteiger partial charge in [-0.2, -0.15) is 0 Å². The molecule has 1 heterocycles. The van der Waals surface area contributed by atoms with E-state index in [0.717, 1.165) is 64.2 Å². The zero-order chi connectivity index (χ0) is 43.2. The van der Waals surface area contributed by atoms with Crippen molar-refractivity contribution in [3.8, 4) is 0 Å². The average Bonchev–Trinajstić information content (AvgIpc) is 3.22. The highest BCUT2D eigenvalue weighted by molar-refractivity contribution is 5.73. The molecule has 0 aliphatic carbocycles. The molecule has 0 aromatic heterocycles. The van der Waals surface area contributed by atoms with Crippen LogP contribution in [-0.2, 0) is 33.3 Å². The van der Waals surface area contributed by atoms with E-state index in [4.69, 9.17) is 18.9 Å². The maximum atomic E-state index is 12.8. The summed E-state index contributed by atoms with van der Waals surface area (Å²) >= 11 is 0. The van der Waals surface area contributed by atoms with Crippen LogP contribution in [0.1, 0.15) is 149 Å². The highest BCUT2D eigenvalue weighted by atomic mass is 16.7. The second-order valence-electron chi connectivity index (χ2n) is 14.8. The van der Waals surface area contributed by atoms with Crippen molar-refractivity contribution in [3.63, 3.8) is 0 Å². The Morgan fingerprint density at radius 3 is 1.59 bits per heavy atom. The standard InChI is InChI=1S/C48H76O11/c1-3-5-7-9-11-13-15-17-19-20-21-23-25-27-29-31-33-35-37-42(50)58-40(39-57-48-45(53)43(51)44(52)46(59-48)47(54)55)38-56-41(49)36-34-32-30-28-26-24-22-18-16-14-12-10-8-6-4-2/h6,8,12-15,18-20,22,26,28,32,34,40,43-46,48,51-53H,3-5,7,9-11,16-17,21,23-25,27,29-31,33,35-39H2,1-2H3,(H,54,55)/b8-6-,14-12-,15-13-,20-19-,22-18-,28-26-,34-32-. The molecule has 11 nitrogen and oxygen atoms in total. The summed E-state index contributed by atoms with van der Waals surface area (Å²) in [5, 5.41) is 39.8. The van der Waals surface area contributed by atoms with Gasteiger partial charge in [0.05, 0.1) is 13.0 Å². The van der Waals surface area contributed by atoms with E-state index in [2.05, 4.69) is 80.7 Å². The molecule has 0 radical (unpaired) electrons. The maximum absolute atomic E-state index is 12.8. The molecule has 1 fully saturated rings. The molecule has 1 aliphatic rings. The van der Waals surface area contributed by atoms with E-state index in [-0.39, 0.29) is 19.4 Å². The van der Waals surface area contributed by atoms with E-state index in [0.29, 0.717) is 12.8 Å². The van der Waals surface area contributed by atoms with Crippen LogP contribution in [0.4, 0.5) is 0 Å². The Hall–Kier alpha value is -3.61. The Morgan fingerprint density at radius 1 is 0.559 bits per heavy atom. The lowest BCUT2D eigenvalue weighted by Crippen LogP contribution is -2.60. The van der Waals surface area contributed by atoms with E-state index in [9.17, 15) is 34.8 Å². The number of carboxylic acid groups (broad SMARTS) is 1. The molecule has 0 spiro atoms. The number of rotatable bonds is 35. The summed E-state index contributed by atoms with van der Waals surface area (Å²) < 4.78 is 21.6. The van der Waals surface area contributed by atoms with Gasteiger partial charge in [-0.25, -0.2) is 4.79 Å². The maximum Gasteiger partial charge on any atom is 0.335 e. The zero-order valence-corrected chi connectivity index (χ0v) is 36.0. The normalized spacial score (nSPS) is 20.7. The van der Waals surface area contributed by atoms with Gasteiger partial charge in [0.15, 0.2) is 18.5 Å². The van der Waals surface area contributed by atoms with Crippen LogP contribution in [0.3, 0.4) is 0 Å². The number of allylic oxidation sites excluding steroid dienone is 13. The molecule has 6 unspecified atom stereocenters. The third-order valence-electron chi connectivity index (χ3n) is 9.51. The predicted molar refractivity (Wildman–Crippen MR) is 233 cm³/mol. The number of aliphatic hydroxyl groups excluding tert-OH is 3. The quantitative estimate of drug-likeness (QED) is 0.0273. The van der Waals surface area contributed by atoms with E-state index in [1.54, 1.807) is 6.08 Å². The van der Waals surface area contributed by atoms with Crippen molar-refractivity contribution in [1.82, 2.24) is 0 Å². The van der Waals surface area contributed by atoms with E-state index >= 15 is 0 Å². The van der Waals surface area contributed by atoms with Crippen molar-refractivity contribution in [2.45, 2.75) is 185 Å². The molecule has 0 bridgehead atoms. The fourth-order valence-corrected chi connectivity index (χ4v) is 6.04. The summed E-state index contributed by atoms with van der Waals surface area (Å²) in [6.45, 7) is 3.57. The number of carboxylic acids is 1. The van der Waals surface area contributed by atoms with Crippen LogP contribution in [0.25, 0.3) is 0 Å². The monoisotopic (exact) mass is 829 g/mol. The van der Waals surface area contributed by atoms with E-state index < -0.39 is 61.3 Å². The third-order valence-corrected chi connectivity index (χ3v) is 9.51. The average molecular weight is 829 g/mol. The third kappa shape index (κ3) is 29.3. The molecule has 1 rings (SSSR count). The molecule has 1 saturated heterocycles. The van der Waals surface area contributed by atoms with Crippen molar-refractivity contribution in [2.75, 3.05) is 13.2 Å². The lowest BCUT2D eigenvalue weighted by atomic mass is 9.99. The largest absolute Gasteiger partial charge is 0.479 e. The zero-order valence-electron chi connectivity index (χ0n) is 36.0. The van der Waals surface area contributed by atoms with Crippen molar-refractivity contribution < 1.29 is 53.8 Å². The molecule has 334 valence electrons. The van der Waals surface area contributed by atoms with Crippen LogP contribution in [0, 0.1) is 0 Å². The number of aliphatic carboxylic acids is 1. The molecule has 0 aromatic carbocycles. The molecule has 11 heteroatoms. The number of carbonyl (C=O) groups is 3. The Balaban J connectivity index is 2.45. The van der Waals surface area contributed by atoms with Gasteiger partial charge in [-0.05, 0) is 70.6 Å². The second kappa shape index (κ2) is 37.4. The van der Waals surface area contributed by atoms with Gasteiger partial charge in [0.1, 0.15) is 24.9 Å². The van der Waals surface area contributed by atoms with Crippen LogP contribution in [0.2, 0.25) is 0 Å². The Morgan fingerprint density at radius 2 is 1.05 bits per heavy atom. The lowest BCUT2D eigenvalue weighted by molar-refractivity contribution is -0.298. The van der Waals surface area contributed by atoms with Gasteiger partial charge in [-0.1, -0.05) is 150 Å². The van der Waals surface area contributed by atoms with Gasteiger partial charge in [0.2, 0.25) is 0 Å². The number of carbonyl (C=O) groups excluding carboxylic acids is 2. The fraction of sp³-hybridized carbons (Fsp3) is 0.646. The summed E-state index contributed by atoms with van der Waals surface area (Å²) in [7, 11) is 0. The number of unbranched alkanes of at least 4 members (excludes halogenated alkanes) is 11. The van der Waals surface area contributed by atoms with Crippen LogP contribution in [0.15, 0.2) is 85.1 Å². The lowest BCUT2D eigenvalue weighted by Gasteiger charge is -2.38. The molecule has 1 aliphatic heterocycles. The van der Waals surface area contributed by atoms with Gasteiger partial charge < -0.3 is 39.4 Å². The fourth-order valence-electron chi connectivity index (χ4n) is 6.04. The molecular formula is C48H76O11. The summed E-state index contributed by atoms with van der Waals surface area (Å²) in [4.78, 5) is 36.7. The molecule has 59 heavy (non-hydrogen) atoms. The molecular weight excluding hydrogens is 753 g/mol. The minimum atomic E-state index is -1.88.